The number of methoxy groups -OCH3 is 1. The van der Waals surface area contributed by atoms with Crippen molar-refractivity contribution in [3.63, 3.8) is 0 Å². The molecule has 29 heavy (non-hydrogen) atoms. The van der Waals surface area contributed by atoms with Crippen molar-refractivity contribution in [2.24, 2.45) is 0 Å². The van der Waals surface area contributed by atoms with Crippen molar-refractivity contribution in [2.45, 2.75) is 38.6 Å². The van der Waals surface area contributed by atoms with Crippen LogP contribution in [0.3, 0.4) is 0 Å². The molecule has 6 nitrogen and oxygen atoms in total. The summed E-state index contributed by atoms with van der Waals surface area (Å²) in [5, 5.41) is 0. The predicted octanol–water partition coefficient (Wildman–Crippen LogP) is 3.40. The lowest BCUT2D eigenvalue weighted by Gasteiger charge is -2.44. The zero-order valence-corrected chi connectivity index (χ0v) is 17.9. The number of anilines is 2. The van der Waals surface area contributed by atoms with E-state index in [4.69, 9.17) is 4.74 Å². The Kier molecular flexibility index (Phi) is 6.19. The van der Waals surface area contributed by atoms with Crippen LogP contribution in [0.15, 0.2) is 36.8 Å². The normalized spacial score (nSPS) is 20.9. The molecule has 0 radical (unpaired) electrons. The number of piperidine rings is 1. The fraction of sp³-hybridized carbons (Fsp3) is 0.565. The molecule has 4 rings (SSSR count). The van der Waals surface area contributed by atoms with Crippen LogP contribution in [0.4, 0.5) is 11.5 Å². The molecule has 1 atom stereocenters. The molecule has 2 fully saturated rings. The quantitative estimate of drug-likeness (QED) is 0.773. The van der Waals surface area contributed by atoms with E-state index in [-0.39, 0.29) is 0 Å². The molecule has 156 valence electrons. The van der Waals surface area contributed by atoms with Crippen molar-refractivity contribution in [2.75, 3.05) is 56.2 Å². The van der Waals surface area contributed by atoms with Gasteiger partial charge in [0.1, 0.15) is 17.9 Å². The Morgan fingerprint density at radius 3 is 2.59 bits per heavy atom. The van der Waals surface area contributed by atoms with Gasteiger partial charge in [-0.1, -0.05) is 26.0 Å². The van der Waals surface area contributed by atoms with E-state index in [1.807, 2.05) is 12.3 Å². The van der Waals surface area contributed by atoms with Gasteiger partial charge in [0, 0.05) is 57.1 Å². The van der Waals surface area contributed by atoms with Crippen LogP contribution in [0.25, 0.3) is 0 Å². The summed E-state index contributed by atoms with van der Waals surface area (Å²) >= 11 is 0. The highest BCUT2D eigenvalue weighted by Gasteiger charge is 2.30. The second-order valence-electron chi connectivity index (χ2n) is 8.39. The number of rotatable bonds is 5. The summed E-state index contributed by atoms with van der Waals surface area (Å²) in [6.45, 7) is 10.9. The molecule has 1 aromatic carbocycles. The molecule has 0 N–H and O–H groups in total. The maximum absolute atomic E-state index is 5.56. The van der Waals surface area contributed by atoms with Gasteiger partial charge < -0.3 is 14.5 Å². The molecular formula is C23H33N5O. The molecule has 0 amide bonds. The van der Waals surface area contributed by atoms with E-state index in [1.165, 1.54) is 24.1 Å². The fourth-order valence-corrected chi connectivity index (χ4v) is 4.67. The van der Waals surface area contributed by atoms with Crippen molar-refractivity contribution in [1.82, 2.24) is 14.9 Å². The van der Waals surface area contributed by atoms with Crippen LogP contribution >= 0.6 is 0 Å². The number of piperazine rings is 1. The number of hydrogen-bond donors (Lipinski definition) is 0. The molecular weight excluding hydrogens is 362 g/mol. The van der Waals surface area contributed by atoms with Crippen LogP contribution < -0.4 is 14.5 Å². The molecule has 6 heteroatoms. The Labute approximate surface area is 174 Å². The van der Waals surface area contributed by atoms with Gasteiger partial charge in [0.25, 0.3) is 0 Å². The number of aromatic nitrogens is 2. The smallest absolute Gasteiger partial charge is 0.142 e. The lowest BCUT2D eigenvalue weighted by Crippen LogP contribution is -2.55. The van der Waals surface area contributed by atoms with Gasteiger partial charge >= 0.3 is 0 Å². The van der Waals surface area contributed by atoms with Gasteiger partial charge in [-0.2, -0.15) is 0 Å². The Morgan fingerprint density at radius 1 is 1.03 bits per heavy atom. The van der Waals surface area contributed by atoms with Crippen molar-refractivity contribution in [3.8, 4) is 5.75 Å². The molecule has 2 saturated heterocycles. The van der Waals surface area contributed by atoms with Crippen molar-refractivity contribution < 1.29 is 4.74 Å². The number of hydrogen-bond acceptors (Lipinski definition) is 6. The van der Waals surface area contributed by atoms with E-state index in [0.29, 0.717) is 12.0 Å². The molecule has 2 aromatic rings. The van der Waals surface area contributed by atoms with Crippen LogP contribution in [0.1, 0.15) is 38.2 Å². The van der Waals surface area contributed by atoms with Crippen LogP contribution in [0.5, 0.6) is 5.75 Å². The minimum atomic E-state index is 0.441. The molecule has 3 heterocycles. The molecule has 1 aromatic heterocycles. The maximum atomic E-state index is 5.56. The Morgan fingerprint density at radius 2 is 1.83 bits per heavy atom. The summed E-state index contributed by atoms with van der Waals surface area (Å²) in [4.78, 5) is 16.5. The second kappa shape index (κ2) is 8.99. The maximum Gasteiger partial charge on any atom is 0.142 e. The van der Waals surface area contributed by atoms with E-state index in [2.05, 4.69) is 56.7 Å². The van der Waals surface area contributed by atoms with Crippen molar-refractivity contribution in [3.05, 3.63) is 42.4 Å². The van der Waals surface area contributed by atoms with Crippen molar-refractivity contribution in [1.29, 1.82) is 0 Å². The minimum absolute atomic E-state index is 0.441. The number of benzene rings is 1. The molecule has 2 aliphatic rings. The average Bonchev–Trinajstić information content (AvgIpc) is 2.79. The van der Waals surface area contributed by atoms with Gasteiger partial charge in [-0.05, 0) is 30.9 Å². The van der Waals surface area contributed by atoms with Gasteiger partial charge in [0.05, 0.1) is 12.8 Å². The largest absolute Gasteiger partial charge is 0.495 e. The fourth-order valence-electron chi connectivity index (χ4n) is 4.67. The van der Waals surface area contributed by atoms with Crippen molar-refractivity contribution >= 4 is 11.5 Å². The van der Waals surface area contributed by atoms with Crippen LogP contribution in [-0.2, 0) is 0 Å². The minimum Gasteiger partial charge on any atom is -0.495 e. The Balaban J connectivity index is 1.40. The number of ether oxygens (including phenoxy) is 1. The lowest BCUT2D eigenvalue weighted by atomic mass is 10.0. The molecule has 0 bridgehead atoms. The third kappa shape index (κ3) is 4.32. The highest BCUT2D eigenvalue weighted by molar-refractivity contribution is 5.58. The molecule has 2 aliphatic heterocycles. The first-order valence-corrected chi connectivity index (χ1v) is 10.8. The van der Waals surface area contributed by atoms with Gasteiger partial charge in [0.15, 0.2) is 0 Å². The Hall–Kier alpha value is -2.34. The third-order valence-corrected chi connectivity index (χ3v) is 6.29. The molecule has 0 spiro atoms. The van der Waals surface area contributed by atoms with Gasteiger partial charge in [-0.25, -0.2) is 9.97 Å². The average molecular weight is 396 g/mol. The van der Waals surface area contributed by atoms with E-state index in [1.54, 1.807) is 13.4 Å². The predicted molar refractivity (Wildman–Crippen MR) is 118 cm³/mol. The lowest BCUT2D eigenvalue weighted by molar-refractivity contribution is 0.166. The Bertz CT molecular complexity index is 803. The summed E-state index contributed by atoms with van der Waals surface area (Å²) in [6, 6.07) is 8.94. The number of nitrogens with zero attached hydrogens (tertiary/aromatic N) is 5. The summed E-state index contributed by atoms with van der Waals surface area (Å²) in [5.41, 5.74) is 2.47. The summed E-state index contributed by atoms with van der Waals surface area (Å²) in [7, 11) is 1.75. The summed E-state index contributed by atoms with van der Waals surface area (Å²) in [5.74, 6) is 2.54. The standard InChI is InChI=1S/C23H33N5O/c1-18(2)20-15-24-17-25-23(20)28-10-6-7-19(16-28)26-11-13-27(14-12-26)21-8-4-5-9-22(21)29-3/h4-5,8-9,15,17-19H,6-7,10-14,16H2,1-3H3. The summed E-state index contributed by atoms with van der Waals surface area (Å²) < 4.78 is 5.56. The monoisotopic (exact) mass is 395 g/mol. The van der Waals surface area contributed by atoms with Crippen LogP contribution in [0.2, 0.25) is 0 Å². The van der Waals surface area contributed by atoms with E-state index in [9.17, 15) is 0 Å². The van der Waals surface area contributed by atoms with Gasteiger partial charge in [0.2, 0.25) is 0 Å². The topological polar surface area (TPSA) is 44.7 Å². The number of para-hydroxylation sites is 2. The molecule has 0 aliphatic carbocycles. The third-order valence-electron chi connectivity index (χ3n) is 6.29. The first-order chi connectivity index (χ1) is 14.2. The molecule has 0 saturated carbocycles. The first-order valence-electron chi connectivity index (χ1n) is 10.8. The second-order valence-corrected chi connectivity index (χ2v) is 8.39. The van der Waals surface area contributed by atoms with Crippen LogP contribution in [0, 0.1) is 0 Å². The van der Waals surface area contributed by atoms with Gasteiger partial charge in [-0.3, -0.25) is 4.90 Å². The highest BCUT2D eigenvalue weighted by Crippen LogP contribution is 2.31. The molecule has 1 unspecified atom stereocenters. The van der Waals surface area contributed by atoms with E-state index >= 15 is 0 Å². The van der Waals surface area contributed by atoms with E-state index < -0.39 is 0 Å². The van der Waals surface area contributed by atoms with Crippen LogP contribution in [-0.4, -0.2) is 67.3 Å². The summed E-state index contributed by atoms with van der Waals surface area (Å²) in [6.07, 6.45) is 6.17. The van der Waals surface area contributed by atoms with E-state index in [0.717, 1.165) is 50.8 Å². The van der Waals surface area contributed by atoms with Gasteiger partial charge in [-0.15, -0.1) is 0 Å². The first kappa shape index (κ1) is 20.0. The zero-order chi connectivity index (χ0) is 20.2. The SMILES string of the molecule is COc1ccccc1N1CCN(C2CCCN(c3ncncc3C(C)C)C2)CC1. The zero-order valence-electron chi connectivity index (χ0n) is 17.9. The highest BCUT2D eigenvalue weighted by atomic mass is 16.5.